The zero-order chi connectivity index (χ0) is 18.7. The van der Waals surface area contributed by atoms with E-state index in [0.717, 1.165) is 16.2 Å². The molecule has 3 aromatic heterocycles. The summed E-state index contributed by atoms with van der Waals surface area (Å²) in [6, 6.07) is 5.65. The van der Waals surface area contributed by atoms with Crippen molar-refractivity contribution in [3.05, 3.63) is 41.3 Å². The van der Waals surface area contributed by atoms with Gasteiger partial charge in [-0.1, -0.05) is 11.6 Å². The largest absolute Gasteiger partial charge is 0.495 e. The molecule has 3 heterocycles. The van der Waals surface area contributed by atoms with Gasteiger partial charge in [0.25, 0.3) is 0 Å². The lowest BCUT2D eigenvalue weighted by atomic mass is 10.0. The number of ether oxygens (including phenoxy) is 2. The maximum atomic E-state index is 6.46. The van der Waals surface area contributed by atoms with Crippen LogP contribution in [0.2, 0.25) is 5.02 Å². The van der Waals surface area contributed by atoms with Gasteiger partial charge >= 0.3 is 0 Å². The molecule has 0 N–H and O–H groups in total. The quantitative estimate of drug-likeness (QED) is 0.603. The molecule has 0 spiro atoms. The van der Waals surface area contributed by atoms with E-state index in [1.807, 2.05) is 31.5 Å². The normalized spacial score (nSPS) is 10.7. The predicted molar refractivity (Wildman–Crippen MR) is 103 cm³/mol. The number of halogens is 1. The monoisotopic (exact) mass is 388 g/mol. The molecule has 8 heteroatoms. The highest BCUT2D eigenvalue weighted by molar-refractivity contribution is 7.98. The maximum Gasteiger partial charge on any atom is 0.243 e. The van der Waals surface area contributed by atoms with Gasteiger partial charge in [-0.25, -0.2) is 0 Å². The number of methoxy groups -OCH3 is 2. The van der Waals surface area contributed by atoms with Crippen molar-refractivity contribution in [3.8, 4) is 34.1 Å². The van der Waals surface area contributed by atoms with E-state index in [4.69, 9.17) is 21.1 Å². The molecule has 3 rings (SSSR count). The number of pyridine rings is 2. The van der Waals surface area contributed by atoms with Crippen molar-refractivity contribution in [2.24, 2.45) is 0 Å². The summed E-state index contributed by atoms with van der Waals surface area (Å²) in [5, 5.41) is 8.77. The van der Waals surface area contributed by atoms with Crippen molar-refractivity contribution in [1.29, 1.82) is 0 Å². The Hall–Kier alpha value is -2.38. The second kappa shape index (κ2) is 7.88. The highest BCUT2D eigenvalue weighted by Crippen LogP contribution is 2.41. The topological polar surface area (TPSA) is 70.0 Å². The van der Waals surface area contributed by atoms with E-state index in [9.17, 15) is 0 Å². The third-order valence-corrected chi connectivity index (χ3v) is 4.83. The summed E-state index contributed by atoms with van der Waals surface area (Å²) in [5.41, 5.74) is 3.42. The van der Waals surface area contributed by atoms with E-state index in [1.54, 1.807) is 31.1 Å². The number of aromatic nitrogens is 4. The van der Waals surface area contributed by atoms with E-state index < -0.39 is 0 Å². The summed E-state index contributed by atoms with van der Waals surface area (Å²) in [7, 11) is 3.10. The number of hydrogen-bond acceptors (Lipinski definition) is 7. The van der Waals surface area contributed by atoms with Crippen LogP contribution < -0.4 is 9.47 Å². The van der Waals surface area contributed by atoms with Gasteiger partial charge in [0.05, 0.1) is 48.1 Å². The molecule has 0 saturated carbocycles. The average molecular weight is 389 g/mol. The lowest BCUT2D eigenvalue weighted by Crippen LogP contribution is -2.03. The van der Waals surface area contributed by atoms with Gasteiger partial charge in [-0.15, -0.1) is 16.9 Å². The SMILES string of the molecule is COc1cnc(-c2c(OC)nnc(C)c2-c2ccc(SC)cn2)c(Cl)c1. The standard InChI is InChI=1S/C18H17ClN4O2S/c1-10-15(14-6-5-12(26-4)9-20-14)16(18(25-3)23-22-10)17-13(19)7-11(24-2)8-21-17/h5-9H,1-4H3. The first-order valence-corrected chi connectivity index (χ1v) is 9.31. The molecule has 0 bridgehead atoms. The lowest BCUT2D eigenvalue weighted by Gasteiger charge is -2.15. The van der Waals surface area contributed by atoms with Crippen molar-refractivity contribution in [1.82, 2.24) is 20.2 Å². The fourth-order valence-corrected chi connectivity index (χ4v) is 3.16. The highest BCUT2D eigenvalue weighted by Gasteiger charge is 2.22. The van der Waals surface area contributed by atoms with Gasteiger partial charge in [0.1, 0.15) is 5.75 Å². The van der Waals surface area contributed by atoms with Gasteiger partial charge in [-0.2, -0.15) is 5.10 Å². The Bertz CT molecular complexity index is 935. The van der Waals surface area contributed by atoms with Crippen molar-refractivity contribution in [2.75, 3.05) is 20.5 Å². The summed E-state index contributed by atoms with van der Waals surface area (Å²) in [5.74, 6) is 0.904. The molecule has 0 atom stereocenters. The summed E-state index contributed by atoms with van der Waals surface area (Å²) >= 11 is 8.09. The Labute approximate surface area is 161 Å². The van der Waals surface area contributed by atoms with Crippen molar-refractivity contribution in [2.45, 2.75) is 11.8 Å². The van der Waals surface area contributed by atoms with Crippen molar-refractivity contribution < 1.29 is 9.47 Å². The molecule has 0 fully saturated rings. The Kier molecular flexibility index (Phi) is 5.58. The highest BCUT2D eigenvalue weighted by atomic mass is 35.5. The molecular formula is C18H17ClN4O2S. The van der Waals surface area contributed by atoms with Crippen LogP contribution in [0.25, 0.3) is 22.5 Å². The van der Waals surface area contributed by atoms with Crippen LogP contribution in [-0.4, -0.2) is 40.6 Å². The van der Waals surface area contributed by atoms with Crippen molar-refractivity contribution in [3.63, 3.8) is 0 Å². The van der Waals surface area contributed by atoms with Crippen LogP contribution in [0.15, 0.2) is 35.5 Å². The summed E-state index contributed by atoms with van der Waals surface area (Å²) in [4.78, 5) is 10.1. The minimum absolute atomic E-state index is 0.334. The Morgan fingerprint density at radius 3 is 2.38 bits per heavy atom. The smallest absolute Gasteiger partial charge is 0.243 e. The fraction of sp³-hybridized carbons (Fsp3) is 0.222. The third-order valence-electron chi connectivity index (χ3n) is 3.83. The van der Waals surface area contributed by atoms with E-state index in [-0.39, 0.29) is 0 Å². The van der Waals surface area contributed by atoms with Gasteiger partial charge in [-0.05, 0) is 25.3 Å². The molecule has 0 saturated heterocycles. The first-order valence-electron chi connectivity index (χ1n) is 7.70. The number of rotatable bonds is 5. The van der Waals surface area contributed by atoms with Crippen LogP contribution in [0.1, 0.15) is 5.69 Å². The molecule has 0 amide bonds. The Morgan fingerprint density at radius 1 is 1.00 bits per heavy atom. The van der Waals surface area contributed by atoms with E-state index in [1.165, 1.54) is 7.11 Å². The second-order valence-electron chi connectivity index (χ2n) is 5.33. The first kappa shape index (κ1) is 18.4. The fourth-order valence-electron chi connectivity index (χ4n) is 2.55. The van der Waals surface area contributed by atoms with Crippen LogP contribution >= 0.6 is 23.4 Å². The lowest BCUT2D eigenvalue weighted by molar-refractivity contribution is 0.393. The molecule has 0 aromatic carbocycles. The van der Waals surface area contributed by atoms with Crippen LogP contribution in [0, 0.1) is 6.92 Å². The van der Waals surface area contributed by atoms with E-state index in [2.05, 4.69) is 20.2 Å². The second-order valence-corrected chi connectivity index (χ2v) is 6.62. The van der Waals surface area contributed by atoms with Crippen LogP contribution in [0.5, 0.6) is 11.6 Å². The average Bonchev–Trinajstić information content (AvgIpc) is 2.68. The predicted octanol–water partition coefficient (Wildman–Crippen LogP) is 4.30. The molecular weight excluding hydrogens is 372 g/mol. The molecule has 6 nitrogen and oxygen atoms in total. The van der Waals surface area contributed by atoms with Crippen molar-refractivity contribution >= 4 is 23.4 Å². The third kappa shape index (κ3) is 3.45. The molecule has 26 heavy (non-hydrogen) atoms. The summed E-state index contributed by atoms with van der Waals surface area (Å²) in [6.45, 7) is 1.87. The molecule has 3 aromatic rings. The van der Waals surface area contributed by atoms with Gasteiger partial charge < -0.3 is 9.47 Å². The Balaban J connectivity index is 2.27. The molecule has 0 aliphatic rings. The van der Waals surface area contributed by atoms with Crippen LogP contribution in [0.4, 0.5) is 0 Å². The van der Waals surface area contributed by atoms with Gasteiger partial charge in [0, 0.05) is 22.7 Å². The van der Waals surface area contributed by atoms with E-state index >= 15 is 0 Å². The first-order chi connectivity index (χ1) is 12.6. The summed E-state index contributed by atoms with van der Waals surface area (Å²) in [6.07, 6.45) is 5.43. The minimum Gasteiger partial charge on any atom is -0.495 e. The van der Waals surface area contributed by atoms with Gasteiger partial charge in [-0.3, -0.25) is 9.97 Å². The Morgan fingerprint density at radius 2 is 1.81 bits per heavy atom. The maximum absolute atomic E-state index is 6.46. The number of thioether (sulfide) groups is 1. The zero-order valence-electron chi connectivity index (χ0n) is 14.8. The number of nitrogens with zero attached hydrogens (tertiary/aromatic N) is 4. The number of aryl methyl sites for hydroxylation is 1. The van der Waals surface area contributed by atoms with Crippen LogP contribution in [-0.2, 0) is 0 Å². The molecule has 0 unspecified atom stereocenters. The van der Waals surface area contributed by atoms with Gasteiger partial charge in [0.15, 0.2) is 0 Å². The number of hydrogen-bond donors (Lipinski definition) is 0. The minimum atomic E-state index is 0.334. The van der Waals surface area contributed by atoms with Gasteiger partial charge in [0.2, 0.25) is 5.88 Å². The zero-order valence-corrected chi connectivity index (χ0v) is 16.4. The van der Waals surface area contributed by atoms with E-state index in [0.29, 0.717) is 33.6 Å². The molecule has 0 radical (unpaired) electrons. The van der Waals surface area contributed by atoms with Crippen LogP contribution in [0.3, 0.4) is 0 Å². The molecule has 0 aliphatic carbocycles. The summed E-state index contributed by atoms with van der Waals surface area (Å²) < 4.78 is 10.6. The molecule has 134 valence electrons. The molecule has 0 aliphatic heterocycles.